The number of thiol groups is 1. The van der Waals surface area contributed by atoms with Crippen LogP contribution in [0, 0.1) is 11.8 Å². The Balaban J connectivity index is 1.07. The van der Waals surface area contributed by atoms with Gasteiger partial charge >= 0.3 is 0 Å². The van der Waals surface area contributed by atoms with Crippen LogP contribution in [0.1, 0.15) is 42.4 Å². The number of halogens is 1. The van der Waals surface area contributed by atoms with Gasteiger partial charge in [0.1, 0.15) is 23.9 Å². The summed E-state index contributed by atoms with van der Waals surface area (Å²) in [5.41, 5.74) is 9.42. The summed E-state index contributed by atoms with van der Waals surface area (Å²) >= 11 is 6.42. The second-order valence-electron chi connectivity index (χ2n) is 14.2. The monoisotopic (exact) mass is 723 g/mol. The molecule has 0 unspecified atom stereocenters. The third-order valence-corrected chi connectivity index (χ3v) is 11.8. The number of amides is 1. The molecule has 50 heavy (non-hydrogen) atoms. The fourth-order valence-corrected chi connectivity index (χ4v) is 8.64. The second kappa shape index (κ2) is 15.4. The molecule has 3 atom stereocenters. The Morgan fingerprint density at radius 2 is 1.80 bits per heavy atom. The number of carbonyl (C=O) groups excluding carboxylic acids is 1. The van der Waals surface area contributed by atoms with E-state index in [-0.39, 0.29) is 16.7 Å². The molecule has 2 aliphatic carbocycles. The number of fused-ring (bicyclic) bond motifs is 3. The Labute approximate surface area is 300 Å². The molecule has 7 rings (SSSR count). The highest BCUT2D eigenvalue weighted by atomic mass is 35.5. The third-order valence-electron chi connectivity index (χ3n) is 10.8. The molecule has 0 radical (unpaired) electrons. The van der Waals surface area contributed by atoms with Crippen LogP contribution in [-0.4, -0.2) is 85.0 Å². The van der Waals surface area contributed by atoms with E-state index in [1.807, 2.05) is 24.3 Å². The summed E-state index contributed by atoms with van der Waals surface area (Å²) in [5, 5.41) is 0.739. The lowest BCUT2D eigenvalue weighted by molar-refractivity contribution is -0.117. The SMILES string of the molecule is NC(=O)Cc1cc(OCCN2CCOCC2)cc(OC[C@@H]2CC[C@H]2CN2C[C@@]3(CCCc4cc(Cl)ccc43)COc3ccc([SH](=O)=O)cc32)c1. The average Bonchev–Trinajstić information content (AvgIpc) is 3.23. The van der Waals surface area contributed by atoms with E-state index in [0.717, 1.165) is 94.3 Å². The lowest BCUT2D eigenvalue weighted by atomic mass is 9.69. The molecule has 2 heterocycles. The zero-order valence-corrected chi connectivity index (χ0v) is 30.0. The standard InChI is InChI=1S/C38H46ClN3O7S/c39-30-5-7-34-27(19-30)2-1-9-38(34)24-42(35-21-33(50(44)45)6-8-36(35)49-25-38)22-28-3-4-29(28)23-48-32-17-26(18-37(40)43)16-31(20-32)47-15-12-41-10-13-46-14-11-41/h5-8,16-17,19-21,28-29,50H,1-4,9-15,18,22-25H2,(H2,40,43)/t28-,29-,38-/m0/s1. The zero-order valence-electron chi connectivity index (χ0n) is 28.3. The number of carbonyl (C=O) groups is 1. The van der Waals surface area contributed by atoms with Crippen molar-refractivity contribution in [2.45, 2.75) is 48.8 Å². The van der Waals surface area contributed by atoms with E-state index < -0.39 is 16.6 Å². The van der Waals surface area contributed by atoms with Crippen LogP contribution < -0.4 is 24.8 Å². The minimum absolute atomic E-state index is 0.105. The Hall–Kier alpha value is -3.51. The smallest absolute Gasteiger partial charge is 0.221 e. The van der Waals surface area contributed by atoms with Crippen LogP contribution in [-0.2, 0) is 38.5 Å². The van der Waals surface area contributed by atoms with Gasteiger partial charge in [-0.2, -0.15) is 0 Å². The lowest BCUT2D eigenvalue weighted by Gasteiger charge is -2.44. The number of hydrogen-bond acceptors (Lipinski definition) is 9. The molecule has 1 saturated carbocycles. The van der Waals surface area contributed by atoms with Gasteiger partial charge in [-0.15, -0.1) is 0 Å². The fraction of sp³-hybridized carbons (Fsp3) is 0.500. The van der Waals surface area contributed by atoms with Gasteiger partial charge in [0, 0.05) is 49.2 Å². The van der Waals surface area contributed by atoms with Crippen LogP contribution in [0.5, 0.6) is 17.2 Å². The van der Waals surface area contributed by atoms with Crippen molar-refractivity contribution in [3.63, 3.8) is 0 Å². The number of rotatable bonds is 12. The number of nitrogens with zero attached hydrogens (tertiary/aromatic N) is 2. The number of hydrogen-bond donors (Lipinski definition) is 2. The molecule has 1 spiro atoms. The Morgan fingerprint density at radius 3 is 2.56 bits per heavy atom. The zero-order chi connectivity index (χ0) is 34.7. The van der Waals surface area contributed by atoms with E-state index in [9.17, 15) is 13.2 Å². The van der Waals surface area contributed by atoms with Gasteiger partial charge in [-0.3, -0.25) is 9.69 Å². The van der Waals surface area contributed by atoms with Crippen LogP contribution in [0.2, 0.25) is 5.02 Å². The third kappa shape index (κ3) is 8.01. The van der Waals surface area contributed by atoms with Gasteiger partial charge in [-0.05, 0) is 103 Å². The molecule has 1 amide bonds. The first kappa shape index (κ1) is 34.9. The summed E-state index contributed by atoms with van der Waals surface area (Å²) in [5.74, 6) is 2.26. The van der Waals surface area contributed by atoms with Crippen molar-refractivity contribution in [3.05, 3.63) is 76.3 Å². The van der Waals surface area contributed by atoms with Crippen molar-refractivity contribution in [2.24, 2.45) is 17.6 Å². The number of primary amides is 1. The van der Waals surface area contributed by atoms with Gasteiger partial charge in [0.15, 0.2) is 10.7 Å². The van der Waals surface area contributed by atoms with E-state index in [4.69, 9.17) is 36.3 Å². The van der Waals surface area contributed by atoms with Crippen molar-refractivity contribution in [3.8, 4) is 17.2 Å². The number of morpholine rings is 1. The predicted octanol–water partition coefficient (Wildman–Crippen LogP) is 4.63. The predicted molar refractivity (Wildman–Crippen MR) is 193 cm³/mol. The van der Waals surface area contributed by atoms with Gasteiger partial charge in [-0.1, -0.05) is 17.7 Å². The molecule has 268 valence electrons. The molecule has 0 bridgehead atoms. The largest absolute Gasteiger partial charge is 0.493 e. The molecule has 2 N–H and O–H groups in total. The van der Waals surface area contributed by atoms with Crippen molar-refractivity contribution in [1.29, 1.82) is 0 Å². The summed E-state index contributed by atoms with van der Waals surface area (Å²) in [4.78, 5) is 16.8. The first-order valence-corrected chi connectivity index (χ1v) is 19.2. The van der Waals surface area contributed by atoms with Gasteiger partial charge in [0.05, 0.1) is 43.4 Å². The summed E-state index contributed by atoms with van der Waals surface area (Å²) in [6.45, 7) is 7.08. The normalized spacial score (nSPS) is 23.4. The molecule has 4 aliphatic rings. The van der Waals surface area contributed by atoms with Crippen LogP contribution in [0.15, 0.2) is 59.5 Å². The van der Waals surface area contributed by atoms with Gasteiger partial charge in [-0.25, -0.2) is 8.42 Å². The number of nitrogens with two attached hydrogens (primary N) is 1. The van der Waals surface area contributed by atoms with E-state index >= 15 is 0 Å². The second-order valence-corrected chi connectivity index (χ2v) is 15.6. The first-order valence-electron chi connectivity index (χ1n) is 17.7. The summed E-state index contributed by atoms with van der Waals surface area (Å²) < 4.78 is 48.6. The molecule has 2 fully saturated rings. The first-order chi connectivity index (χ1) is 24.2. The molecule has 10 nitrogen and oxygen atoms in total. The minimum Gasteiger partial charge on any atom is -0.493 e. The van der Waals surface area contributed by atoms with Crippen molar-refractivity contribution in [1.82, 2.24) is 4.90 Å². The van der Waals surface area contributed by atoms with Crippen LogP contribution >= 0.6 is 11.6 Å². The Bertz CT molecular complexity index is 1770. The number of benzene rings is 3. The minimum atomic E-state index is -2.74. The molecular weight excluding hydrogens is 678 g/mol. The lowest BCUT2D eigenvalue weighted by Crippen LogP contribution is -2.49. The van der Waals surface area contributed by atoms with Crippen molar-refractivity contribution < 1.29 is 32.2 Å². The molecule has 2 aliphatic heterocycles. The van der Waals surface area contributed by atoms with Gasteiger partial charge in [0.25, 0.3) is 0 Å². The fourth-order valence-electron chi connectivity index (χ4n) is 8.02. The molecule has 0 aromatic heterocycles. The van der Waals surface area contributed by atoms with Gasteiger partial charge in [0.2, 0.25) is 5.91 Å². The number of aryl methyl sites for hydroxylation is 1. The Morgan fingerprint density at radius 1 is 1.00 bits per heavy atom. The maximum Gasteiger partial charge on any atom is 0.221 e. The maximum atomic E-state index is 12.1. The summed E-state index contributed by atoms with van der Waals surface area (Å²) in [6.07, 6.45) is 5.18. The molecule has 3 aromatic rings. The van der Waals surface area contributed by atoms with Crippen LogP contribution in [0.4, 0.5) is 5.69 Å². The molecule has 1 saturated heterocycles. The van der Waals surface area contributed by atoms with Crippen molar-refractivity contribution in [2.75, 3.05) is 70.7 Å². The quantitative estimate of drug-likeness (QED) is 0.258. The molecule has 3 aromatic carbocycles. The van der Waals surface area contributed by atoms with E-state index in [0.29, 0.717) is 48.9 Å². The van der Waals surface area contributed by atoms with Crippen molar-refractivity contribution >= 4 is 33.9 Å². The topological polar surface area (TPSA) is 121 Å². The summed E-state index contributed by atoms with van der Waals surface area (Å²) in [7, 11) is -2.74. The summed E-state index contributed by atoms with van der Waals surface area (Å²) in [6, 6.07) is 17.0. The Kier molecular flexibility index (Phi) is 10.7. The average molecular weight is 724 g/mol. The van der Waals surface area contributed by atoms with Crippen LogP contribution in [0.25, 0.3) is 0 Å². The number of ether oxygens (including phenoxy) is 4. The van der Waals surface area contributed by atoms with Gasteiger partial charge < -0.3 is 29.6 Å². The highest BCUT2D eigenvalue weighted by Crippen LogP contribution is 2.46. The van der Waals surface area contributed by atoms with E-state index in [1.165, 1.54) is 11.1 Å². The van der Waals surface area contributed by atoms with E-state index in [1.54, 1.807) is 18.2 Å². The van der Waals surface area contributed by atoms with Crippen LogP contribution in [0.3, 0.4) is 0 Å². The highest BCUT2D eigenvalue weighted by Gasteiger charge is 2.43. The number of anilines is 1. The van der Waals surface area contributed by atoms with E-state index in [2.05, 4.69) is 21.9 Å². The highest BCUT2D eigenvalue weighted by molar-refractivity contribution is 7.72. The molecule has 12 heteroatoms. The molecular formula is C38H46ClN3O7S. The maximum absolute atomic E-state index is 12.1.